The second-order valence-corrected chi connectivity index (χ2v) is 9.31. The van der Waals surface area contributed by atoms with E-state index in [0.717, 1.165) is 11.1 Å². The van der Waals surface area contributed by atoms with E-state index < -0.39 is 15.9 Å². The number of halogens is 2. The van der Waals surface area contributed by atoms with Gasteiger partial charge in [0.05, 0.1) is 9.92 Å². The van der Waals surface area contributed by atoms with Crippen LogP contribution in [-0.4, -0.2) is 20.9 Å². The summed E-state index contributed by atoms with van der Waals surface area (Å²) in [5, 5.41) is 3.29. The molecule has 0 heterocycles. The van der Waals surface area contributed by atoms with E-state index >= 15 is 0 Å². The van der Waals surface area contributed by atoms with Gasteiger partial charge in [-0.25, -0.2) is 13.1 Å². The third-order valence-corrected chi connectivity index (χ3v) is 6.28. The number of hydrogen-bond donors (Lipinski definition) is 2. The second-order valence-electron chi connectivity index (χ2n) is 6.70. The van der Waals surface area contributed by atoms with Gasteiger partial charge < -0.3 is 10.1 Å². The van der Waals surface area contributed by atoms with Gasteiger partial charge in [-0.2, -0.15) is 0 Å². The molecular weight excluding hydrogens is 459 g/mol. The van der Waals surface area contributed by atoms with Crippen LogP contribution in [0.2, 0.25) is 10.0 Å². The minimum atomic E-state index is -3.76. The number of nitrogens with one attached hydrogen (secondary N) is 2. The molecule has 3 rings (SSSR count). The summed E-state index contributed by atoms with van der Waals surface area (Å²) >= 11 is 12.1. The molecule has 162 valence electrons. The summed E-state index contributed by atoms with van der Waals surface area (Å²) in [7, 11) is -3.76. The Kier molecular flexibility index (Phi) is 7.56. The number of aryl methyl sites for hydroxylation is 1. The molecule has 0 saturated carbocycles. The normalized spacial score (nSPS) is 11.2. The number of carbonyl (C=O) groups excluding carboxylic acids is 1. The molecule has 0 saturated heterocycles. The van der Waals surface area contributed by atoms with Crippen molar-refractivity contribution in [1.82, 2.24) is 4.72 Å². The van der Waals surface area contributed by atoms with Crippen molar-refractivity contribution in [1.29, 1.82) is 0 Å². The molecule has 3 aromatic carbocycles. The SMILES string of the molecule is Cc1ccc(Cl)cc1NC(=O)COc1ccc(S(=O)(=O)NCc2ccccc2)cc1Cl. The molecular formula is C22H20Cl2N2O4S. The Morgan fingerprint density at radius 1 is 1.00 bits per heavy atom. The molecule has 0 fully saturated rings. The lowest BCUT2D eigenvalue weighted by molar-refractivity contribution is -0.118. The van der Waals surface area contributed by atoms with E-state index in [1.165, 1.54) is 18.2 Å². The van der Waals surface area contributed by atoms with Crippen LogP contribution in [-0.2, 0) is 21.4 Å². The molecule has 9 heteroatoms. The van der Waals surface area contributed by atoms with Crippen LogP contribution >= 0.6 is 23.2 Å². The quantitative estimate of drug-likeness (QED) is 0.486. The smallest absolute Gasteiger partial charge is 0.262 e. The van der Waals surface area contributed by atoms with Gasteiger partial charge >= 0.3 is 0 Å². The van der Waals surface area contributed by atoms with Crippen molar-refractivity contribution in [3.05, 3.63) is 87.9 Å². The Morgan fingerprint density at radius 3 is 2.45 bits per heavy atom. The topological polar surface area (TPSA) is 84.5 Å². The lowest BCUT2D eigenvalue weighted by Gasteiger charge is -2.12. The average Bonchev–Trinajstić information content (AvgIpc) is 2.75. The lowest BCUT2D eigenvalue weighted by Crippen LogP contribution is -2.23. The Hall–Kier alpha value is -2.58. The highest BCUT2D eigenvalue weighted by Gasteiger charge is 2.16. The first kappa shape index (κ1) is 23.1. The van der Waals surface area contributed by atoms with Crippen LogP contribution < -0.4 is 14.8 Å². The van der Waals surface area contributed by atoms with Crippen LogP contribution in [0.15, 0.2) is 71.6 Å². The number of sulfonamides is 1. The summed E-state index contributed by atoms with van der Waals surface area (Å²) in [6.45, 7) is 1.70. The van der Waals surface area contributed by atoms with E-state index in [0.29, 0.717) is 10.7 Å². The van der Waals surface area contributed by atoms with E-state index in [1.807, 2.05) is 37.3 Å². The first-order valence-corrected chi connectivity index (χ1v) is 11.5. The molecule has 3 aromatic rings. The molecule has 6 nitrogen and oxygen atoms in total. The number of anilines is 1. The molecule has 31 heavy (non-hydrogen) atoms. The molecule has 1 amide bonds. The fraction of sp³-hybridized carbons (Fsp3) is 0.136. The summed E-state index contributed by atoms with van der Waals surface area (Å²) in [5.74, 6) is -0.204. The standard InChI is InChI=1S/C22H20Cl2N2O4S/c1-15-7-8-17(23)11-20(15)26-22(27)14-30-21-10-9-18(12-19(21)24)31(28,29)25-13-16-5-3-2-4-6-16/h2-12,25H,13-14H2,1H3,(H,26,27). The van der Waals surface area contributed by atoms with Gasteiger partial charge in [0.1, 0.15) is 5.75 Å². The zero-order valence-electron chi connectivity index (χ0n) is 16.6. The summed E-state index contributed by atoms with van der Waals surface area (Å²) in [6.07, 6.45) is 0. The molecule has 0 aliphatic heterocycles. The fourth-order valence-corrected chi connectivity index (χ4v) is 4.20. The third-order valence-electron chi connectivity index (χ3n) is 4.36. The summed E-state index contributed by atoms with van der Waals surface area (Å²) in [4.78, 5) is 12.2. The first-order chi connectivity index (χ1) is 14.7. The van der Waals surface area contributed by atoms with Gasteiger partial charge in [0, 0.05) is 17.3 Å². The van der Waals surface area contributed by atoms with Gasteiger partial charge in [0.2, 0.25) is 10.0 Å². The monoisotopic (exact) mass is 478 g/mol. The highest BCUT2D eigenvalue weighted by atomic mass is 35.5. The van der Waals surface area contributed by atoms with E-state index in [4.69, 9.17) is 27.9 Å². The van der Waals surface area contributed by atoms with Gasteiger partial charge in [-0.3, -0.25) is 4.79 Å². The third kappa shape index (κ3) is 6.45. The first-order valence-electron chi connectivity index (χ1n) is 9.26. The largest absolute Gasteiger partial charge is 0.482 e. The fourth-order valence-electron chi connectivity index (χ4n) is 2.68. The van der Waals surface area contributed by atoms with Crippen LogP contribution in [0, 0.1) is 6.92 Å². The van der Waals surface area contributed by atoms with Crippen molar-refractivity contribution in [2.24, 2.45) is 0 Å². The van der Waals surface area contributed by atoms with E-state index in [9.17, 15) is 13.2 Å². The summed E-state index contributed by atoms with van der Waals surface area (Å²) < 4.78 is 33.0. The van der Waals surface area contributed by atoms with Gasteiger partial charge in [-0.05, 0) is 48.4 Å². The number of ether oxygens (including phenoxy) is 1. The molecule has 2 N–H and O–H groups in total. The summed E-state index contributed by atoms with van der Waals surface area (Å²) in [6, 6.07) is 18.4. The average molecular weight is 479 g/mol. The molecule has 0 spiro atoms. The zero-order chi connectivity index (χ0) is 22.4. The van der Waals surface area contributed by atoms with E-state index in [2.05, 4.69) is 10.0 Å². The highest BCUT2D eigenvalue weighted by molar-refractivity contribution is 7.89. The minimum absolute atomic E-state index is 0.000199. The predicted molar refractivity (Wildman–Crippen MR) is 122 cm³/mol. The maximum Gasteiger partial charge on any atom is 0.262 e. The van der Waals surface area contributed by atoms with Crippen LogP contribution in [0.4, 0.5) is 5.69 Å². The van der Waals surface area contributed by atoms with Crippen molar-refractivity contribution in [3.63, 3.8) is 0 Å². The van der Waals surface area contributed by atoms with Crippen LogP contribution in [0.3, 0.4) is 0 Å². The Morgan fingerprint density at radius 2 is 1.74 bits per heavy atom. The maximum absolute atomic E-state index is 12.5. The highest BCUT2D eigenvalue weighted by Crippen LogP contribution is 2.27. The van der Waals surface area contributed by atoms with Crippen molar-refractivity contribution >= 4 is 44.8 Å². The molecule has 0 unspecified atom stereocenters. The molecule has 0 aromatic heterocycles. The number of amides is 1. The molecule has 0 aliphatic rings. The zero-order valence-corrected chi connectivity index (χ0v) is 18.9. The molecule has 0 radical (unpaired) electrons. The molecule has 0 aliphatic carbocycles. The molecule has 0 atom stereocenters. The van der Waals surface area contributed by atoms with Gasteiger partial charge in [-0.1, -0.05) is 59.6 Å². The maximum atomic E-state index is 12.5. The van der Waals surface area contributed by atoms with Crippen LogP contribution in [0.5, 0.6) is 5.75 Å². The number of benzene rings is 3. The lowest BCUT2D eigenvalue weighted by atomic mass is 10.2. The number of hydrogen-bond acceptors (Lipinski definition) is 4. The number of rotatable bonds is 8. The predicted octanol–water partition coefficient (Wildman–Crippen LogP) is 4.80. The number of carbonyl (C=O) groups is 1. The van der Waals surface area contributed by atoms with Crippen molar-refractivity contribution in [2.75, 3.05) is 11.9 Å². The Balaban J connectivity index is 1.61. The van der Waals surface area contributed by atoms with Gasteiger partial charge in [0.25, 0.3) is 5.91 Å². The van der Waals surface area contributed by atoms with Crippen molar-refractivity contribution in [3.8, 4) is 5.75 Å². The van der Waals surface area contributed by atoms with Crippen LogP contribution in [0.25, 0.3) is 0 Å². The second kappa shape index (κ2) is 10.2. The Labute approximate surface area is 191 Å². The van der Waals surface area contributed by atoms with E-state index in [-0.39, 0.29) is 28.8 Å². The van der Waals surface area contributed by atoms with Gasteiger partial charge in [0.15, 0.2) is 6.61 Å². The van der Waals surface area contributed by atoms with E-state index in [1.54, 1.807) is 18.2 Å². The Bertz CT molecular complexity index is 1190. The van der Waals surface area contributed by atoms with Crippen molar-refractivity contribution in [2.45, 2.75) is 18.4 Å². The summed E-state index contributed by atoms with van der Waals surface area (Å²) in [5.41, 5.74) is 2.27. The molecule has 0 bridgehead atoms. The van der Waals surface area contributed by atoms with Crippen LogP contribution in [0.1, 0.15) is 11.1 Å². The van der Waals surface area contributed by atoms with Gasteiger partial charge in [-0.15, -0.1) is 0 Å². The van der Waals surface area contributed by atoms with Crippen molar-refractivity contribution < 1.29 is 17.9 Å². The minimum Gasteiger partial charge on any atom is -0.482 e.